The lowest BCUT2D eigenvalue weighted by atomic mass is 10.3. The molecule has 1 amide bonds. The van der Waals surface area contributed by atoms with Crippen LogP contribution in [0.5, 0.6) is 0 Å². The van der Waals surface area contributed by atoms with Crippen molar-refractivity contribution < 1.29 is 14.6 Å². The molecule has 5 nitrogen and oxygen atoms in total. The van der Waals surface area contributed by atoms with Crippen molar-refractivity contribution in [3.63, 3.8) is 0 Å². The van der Waals surface area contributed by atoms with Crippen molar-refractivity contribution in [3.8, 4) is 0 Å². The van der Waals surface area contributed by atoms with Gasteiger partial charge in [-0.25, -0.2) is 4.79 Å². The molecule has 1 aliphatic heterocycles. The average Bonchev–Trinajstić information content (AvgIpc) is 2.75. The van der Waals surface area contributed by atoms with Gasteiger partial charge in [0, 0.05) is 18.0 Å². The molecule has 2 rings (SSSR count). The van der Waals surface area contributed by atoms with E-state index in [2.05, 4.69) is 5.32 Å². The molecule has 2 heterocycles. The summed E-state index contributed by atoms with van der Waals surface area (Å²) in [5, 5.41) is 12.4. The summed E-state index contributed by atoms with van der Waals surface area (Å²) in [7, 11) is 0. The van der Waals surface area contributed by atoms with Crippen LogP contribution in [0.3, 0.4) is 0 Å². The van der Waals surface area contributed by atoms with Gasteiger partial charge in [-0.2, -0.15) is 0 Å². The van der Waals surface area contributed by atoms with Crippen LogP contribution in [0.25, 0.3) is 0 Å². The lowest BCUT2D eigenvalue weighted by Crippen LogP contribution is -2.46. The SMILES string of the molecule is O=C(O)N(Cc1ccc(Cl)s1)CC1CNCCO1. The zero-order valence-corrected chi connectivity index (χ0v) is 11.3. The van der Waals surface area contributed by atoms with Crippen LogP contribution < -0.4 is 5.32 Å². The third kappa shape index (κ3) is 3.84. The fraction of sp³-hybridized carbons (Fsp3) is 0.545. The topological polar surface area (TPSA) is 61.8 Å². The van der Waals surface area contributed by atoms with E-state index in [-0.39, 0.29) is 6.10 Å². The Hall–Kier alpha value is -0.820. The zero-order chi connectivity index (χ0) is 13.0. The van der Waals surface area contributed by atoms with Gasteiger partial charge in [0.1, 0.15) is 0 Å². The highest BCUT2D eigenvalue weighted by atomic mass is 35.5. The summed E-state index contributed by atoms with van der Waals surface area (Å²) in [6, 6.07) is 3.63. The van der Waals surface area contributed by atoms with Crippen molar-refractivity contribution in [1.29, 1.82) is 0 Å². The van der Waals surface area contributed by atoms with E-state index in [0.717, 1.165) is 11.4 Å². The molecule has 1 saturated heterocycles. The van der Waals surface area contributed by atoms with Gasteiger partial charge in [0.05, 0.1) is 30.1 Å². The minimum absolute atomic E-state index is 0.0784. The maximum atomic E-state index is 11.2. The number of nitrogens with zero attached hydrogens (tertiary/aromatic N) is 1. The first kappa shape index (κ1) is 13.6. The van der Waals surface area contributed by atoms with E-state index in [1.807, 2.05) is 6.07 Å². The molecule has 18 heavy (non-hydrogen) atoms. The maximum absolute atomic E-state index is 11.2. The van der Waals surface area contributed by atoms with Gasteiger partial charge in [0.15, 0.2) is 0 Å². The van der Waals surface area contributed by atoms with Crippen LogP contribution in [0.4, 0.5) is 4.79 Å². The number of hydrogen-bond acceptors (Lipinski definition) is 4. The van der Waals surface area contributed by atoms with Crippen LogP contribution in [0, 0.1) is 0 Å². The van der Waals surface area contributed by atoms with Crippen LogP contribution in [0.15, 0.2) is 12.1 Å². The summed E-state index contributed by atoms with van der Waals surface area (Å²) in [5.41, 5.74) is 0. The summed E-state index contributed by atoms with van der Waals surface area (Å²) >= 11 is 7.23. The van der Waals surface area contributed by atoms with Gasteiger partial charge in [0.25, 0.3) is 0 Å². The molecule has 0 bridgehead atoms. The molecule has 2 N–H and O–H groups in total. The Kier molecular flexibility index (Phi) is 4.82. The zero-order valence-electron chi connectivity index (χ0n) is 9.76. The van der Waals surface area contributed by atoms with Crippen molar-refractivity contribution in [2.75, 3.05) is 26.2 Å². The Balaban J connectivity index is 1.93. The van der Waals surface area contributed by atoms with Crippen molar-refractivity contribution in [2.45, 2.75) is 12.6 Å². The second-order valence-corrected chi connectivity index (χ2v) is 5.87. The number of halogens is 1. The molecular weight excluding hydrogens is 276 g/mol. The Morgan fingerprint density at radius 2 is 2.50 bits per heavy atom. The number of rotatable bonds is 4. The first-order chi connectivity index (χ1) is 8.65. The van der Waals surface area contributed by atoms with Gasteiger partial charge in [-0.3, -0.25) is 0 Å². The third-order valence-corrected chi connectivity index (χ3v) is 3.89. The van der Waals surface area contributed by atoms with Gasteiger partial charge in [-0.1, -0.05) is 11.6 Å². The average molecular weight is 291 g/mol. The predicted molar refractivity (Wildman–Crippen MR) is 70.4 cm³/mol. The molecule has 0 radical (unpaired) electrons. The number of ether oxygens (including phenoxy) is 1. The van der Waals surface area contributed by atoms with Crippen LogP contribution in [0.2, 0.25) is 4.34 Å². The number of amides is 1. The molecule has 100 valence electrons. The second-order valence-electron chi connectivity index (χ2n) is 4.07. The number of carboxylic acid groups (broad SMARTS) is 1. The number of hydrogen-bond donors (Lipinski definition) is 2. The summed E-state index contributed by atoms with van der Waals surface area (Å²) in [6.45, 7) is 2.87. The Labute approximate surface area is 114 Å². The molecule has 1 aromatic heterocycles. The molecule has 1 atom stereocenters. The summed E-state index contributed by atoms with van der Waals surface area (Å²) in [4.78, 5) is 13.5. The normalized spacial score (nSPS) is 19.7. The van der Waals surface area contributed by atoms with E-state index >= 15 is 0 Å². The van der Waals surface area contributed by atoms with E-state index in [9.17, 15) is 9.90 Å². The molecule has 0 spiro atoms. The van der Waals surface area contributed by atoms with Crippen LogP contribution in [-0.2, 0) is 11.3 Å². The van der Waals surface area contributed by atoms with E-state index in [1.54, 1.807) is 6.07 Å². The summed E-state index contributed by atoms with van der Waals surface area (Å²) < 4.78 is 6.18. The van der Waals surface area contributed by atoms with Gasteiger partial charge >= 0.3 is 6.09 Å². The van der Waals surface area contributed by atoms with Crippen molar-refractivity contribution in [3.05, 3.63) is 21.3 Å². The van der Waals surface area contributed by atoms with Gasteiger partial charge < -0.3 is 20.1 Å². The first-order valence-electron chi connectivity index (χ1n) is 5.69. The molecule has 1 aromatic rings. The van der Waals surface area contributed by atoms with Crippen molar-refractivity contribution in [1.82, 2.24) is 10.2 Å². The molecular formula is C11H15ClN2O3S. The van der Waals surface area contributed by atoms with E-state index in [1.165, 1.54) is 16.2 Å². The molecule has 1 fully saturated rings. The largest absolute Gasteiger partial charge is 0.465 e. The first-order valence-corrected chi connectivity index (χ1v) is 6.89. The molecule has 0 aromatic carbocycles. The fourth-order valence-electron chi connectivity index (χ4n) is 1.82. The lowest BCUT2D eigenvalue weighted by molar-refractivity contribution is 0.00643. The molecule has 1 aliphatic rings. The standard InChI is InChI=1S/C11H15ClN2O3S/c12-10-2-1-9(18-10)7-14(11(15)16)6-8-5-13-3-4-17-8/h1-2,8,13H,3-7H2,(H,15,16). The second kappa shape index (κ2) is 6.38. The Morgan fingerprint density at radius 3 is 3.06 bits per heavy atom. The minimum atomic E-state index is -0.936. The Bertz CT molecular complexity index is 407. The van der Waals surface area contributed by atoms with E-state index < -0.39 is 6.09 Å². The predicted octanol–water partition coefficient (Wildman–Crippen LogP) is 1.87. The quantitative estimate of drug-likeness (QED) is 0.889. The molecule has 0 saturated carbocycles. The fourth-order valence-corrected chi connectivity index (χ4v) is 2.92. The van der Waals surface area contributed by atoms with E-state index in [0.29, 0.717) is 30.6 Å². The van der Waals surface area contributed by atoms with Gasteiger partial charge in [-0.05, 0) is 12.1 Å². The van der Waals surface area contributed by atoms with E-state index in [4.69, 9.17) is 16.3 Å². The highest BCUT2D eigenvalue weighted by Crippen LogP contribution is 2.23. The van der Waals surface area contributed by atoms with Crippen molar-refractivity contribution >= 4 is 29.0 Å². The summed E-state index contributed by atoms with van der Waals surface area (Å²) in [6.07, 6.45) is -1.01. The minimum Gasteiger partial charge on any atom is -0.465 e. The molecule has 1 unspecified atom stereocenters. The number of thiophene rings is 1. The highest BCUT2D eigenvalue weighted by Gasteiger charge is 2.21. The number of carbonyl (C=O) groups is 1. The summed E-state index contributed by atoms with van der Waals surface area (Å²) in [5.74, 6) is 0. The number of nitrogens with one attached hydrogen (secondary N) is 1. The molecule has 7 heteroatoms. The highest BCUT2D eigenvalue weighted by molar-refractivity contribution is 7.16. The lowest BCUT2D eigenvalue weighted by Gasteiger charge is -2.28. The smallest absolute Gasteiger partial charge is 0.407 e. The van der Waals surface area contributed by atoms with Gasteiger partial charge in [-0.15, -0.1) is 11.3 Å². The van der Waals surface area contributed by atoms with Crippen LogP contribution >= 0.6 is 22.9 Å². The van der Waals surface area contributed by atoms with Crippen LogP contribution in [-0.4, -0.2) is 48.4 Å². The van der Waals surface area contributed by atoms with Crippen LogP contribution in [0.1, 0.15) is 4.88 Å². The molecule has 0 aliphatic carbocycles. The Morgan fingerprint density at radius 1 is 1.67 bits per heavy atom. The maximum Gasteiger partial charge on any atom is 0.407 e. The van der Waals surface area contributed by atoms with Gasteiger partial charge in [0.2, 0.25) is 0 Å². The van der Waals surface area contributed by atoms with Crippen molar-refractivity contribution in [2.24, 2.45) is 0 Å². The monoisotopic (exact) mass is 290 g/mol. The third-order valence-electron chi connectivity index (χ3n) is 2.67. The number of morpholine rings is 1.